The number of carbonyl (C=O) groups excluding carboxylic acids is 1. The van der Waals surface area contributed by atoms with E-state index < -0.39 is 37.1 Å². The molecule has 136 valence electrons. The molecule has 4 N–H and O–H groups in total. The normalized spacial score (nSPS) is 13.6. The molecular weight excluding hydrogens is 312 g/mol. The molecule has 1 rings (SSSR count). The number of benzene rings is 1. The Hall–Kier alpha value is -1.63. The molecule has 0 spiro atoms. The van der Waals surface area contributed by atoms with Crippen molar-refractivity contribution in [1.82, 2.24) is 0 Å². The van der Waals surface area contributed by atoms with Crippen LogP contribution >= 0.6 is 0 Å². The van der Waals surface area contributed by atoms with Gasteiger partial charge in [0.2, 0.25) is 0 Å². The van der Waals surface area contributed by atoms with Gasteiger partial charge in [0.25, 0.3) is 0 Å². The van der Waals surface area contributed by atoms with Crippen molar-refractivity contribution in [3.63, 3.8) is 0 Å². The molecule has 1 aromatic rings. The Morgan fingerprint density at radius 3 is 2.12 bits per heavy atom. The van der Waals surface area contributed by atoms with Gasteiger partial charge in [-0.3, -0.25) is 4.79 Å². The number of phenols is 1. The molecule has 0 heterocycles. The topological polar surface area (TPSA) is 107 Å². The van der Waals surface area contributed by atoms with Gasteiger partial charge in [-0.15, -0.1) is 0 Å². The largest absolute Gasteiger partial charge is 0.508 e. The molecular formula is C18H28O6. The van der Waals surface area contributed by atoms with E-state index in [2.05, 4.69) is 0 Å². The number of aliphatic hydroxyl groups is 3. The number of aromatic hydroxyl groups is 1. The smallest absolute Gasteiger partial charge is 0.313 e. The van der Waals surface area contributed by atoms with Gasteiger partial charge in [0.15, 0.2) is 0 Å². The minimum atomic E-state index is -1.25. The van der Waals surface area contributed by atoms with Crippen LogP contribution in [0.25, 0.3) is 0 Å². The van der Waals surface area contributed by atoms with Crippen LogP contribution in [0.15, 0.2) is 18.2 Å². The molecule has 0 aliphatic carbocycles. The van der Waals surface area contributed by atoms with Crippen LogP contribution in [0.5, 0.6) is 5.75 Å². The highest BCUT2D eigenvalue weighted by atomic mass is 16.5. The number of esters is 1. The first-order valence-corrected chi connectivity index (χ1v) is 7.93. The summed E-state index contributed by atoms with van der Waals surface area (Å²) in [5.74, 6) is -0.938. The van der Waals surface area contributed by atoms with Crippen molar-refractivity contribution in [2.75, 3.05) is 26.4 Å². The van der Waals surface area contributed by atoms with Gasteiger partial charge in [-0.25, -0.2) is 0 Å². The van der Waals surface area contributed by atoms with Crippen LogP contribution in [0.2, 0.25) is 0 Å². The van der Waals surface area contributed by atoms with E-state index in [0.717, 1.165) is 5.56 Å². The van der Waals surface area contributed by atoms with Crippen LogP contribution in [-0.4, -0.2) is 52.8 Å². The summed E-state index contributed by atoms with van der Waals surface area (Å²) in [7, 11) is 0. The maximum atomic E-state index is 12.3. The number of carbonyl (C=O) groups is 1. The molecule has 0 saturated carbocycles. The minimum absolute atomic E-state index is 0.173. The maximum absolute atomic E-state index is 12.3. The van der Waals surface area contributed by atoms with Crippen LogP contribution in [0.3, 0.4) is 0 Å². The summed E-state index contributed by atoms with van der Waals surface area (Å²) in [4.78, 5) is 12.3. The van der Waals surface area contributed by atoms with E-state index >= 15 is 0 Å². The van der Waals surface area contributed by atoms with Gasteiger partial charge in [0, 0.05) is 0 Å². The van der Waals surface area contributed by atoms with Crippen LogP contribution in [0, 0.1) is 5.41 Å². The molecule has 6 heteroatoms. The summed E-state index contributed by atoms with van der Waals surface area (Å²) in [6.45, 7) is 5.83. The van der Waals surface area contributed by atoms with E-state index in [1.54, 1.807) is 25.1 Å². The first-order chi connectivity index (χ1) is 11.1. The lowest BCUT2D eigenvalue weighted by molar-refractivity contribution is -0.152. The van der Waals surface area contributed by atoms with Crippen molar-refractivity contribution in [2.45, 2.75) is 39.0 Å². The summed E-state index contributed by atoms with van der Waals surface area (Å²) in [6, 6.07) is 4.99. The molecule has 24 heavy (non-hydrogen) atoms. The highest BCUT2D eigenvalue weighted by Crippen LogP contribution is 2.33. The van der Waals surface area contributed by atoms with E-state index in [-0.39, 0.29) is 17.8 Å². The molecule has 0 aliphatic heterocycles. The van der Waals surface area contributed by atoms with Gasteiger partial charge in [-0.05, 0) is 29.5 Å². The number of ether oxygens (including phenoxy) is 1. The molecule has 0 radical (unpaired) electrons. The van der Waals surface area contributed by atoms with E-state index in [0.29, 0.717) is 5.56 Å². The zero-order valence-electron chi connectivity index (χ0n) is 14.7. The Morgan fingerprint density at radius 2 is 1.67 bits per heavy atom. The Morgan fingerprint density at radius 1 is 1.12 bits per heavy atom. The fraction of sp³-hybridized carbons (Fsp3) is 0.611. The zero-order chi connectivity index (χ0) is 18.5. The van der Waals surface area contributed by atoms with Crippen LogP contribution in [0.1, 0.15) is 44.7 Å². The summed E-state index contributed by atoms with van der Waals surface area (Å²) in [6.07, 6.45) is 0. The average Bonchev–Trinajstić information content (AvgIpc) is 2.55. The predicted molar refractivity (Wildman–Crippen MR) is 89.9 cm³/mol. The molecule has 0 amide bonds. The van der Waals surface area contributed by atoms with E-state index in [1.807, 2.05) is 20.8 Å². The third-order valence-corrected chi connectivity index (χ3v) is 4.21. The van der Waals surface area contributed by atoms with Gasteiger partial charge in [0.05, 0.1) is 31.2 Å². The van der Waals surface area contributed by atoms with E-state index in [9.17, 15) is 25.2 Å². The fourth-order valence-corrected chi connectivity index (χ4v) is 2.20. The van der Waals surface area contributed by atoms with Crippen LogP contribution in [0.4, 0.5) is 0 Å². The van der Waals surface area contributed by atoms with Crippen molar-refractivity contribution in [2.24, 2.45) is 5.41 Å². The summed E-state index contributed by atoms with van der Waals surface area (Å²) in [5, 5.41) is 37.8. The van der Waals surface area contributed by atoms with Gasteiger partial charge < -0.3 is 25.2 Å². The summed E-state index contributed by atoms with van der Waals surface area (Å²) < 4.78 is 5.17. The molecule has 0 fully saturated rings. The monoisotopic (exact) mass is 340 g/mol. The Labute approximate surface area is 142 Å². The SMILES string of the molecule is CC(C(=O)OCC(CO)(CO)CO)c1ccc(O)c(C(C)(C)C)c1. The van der Waals surface area contributed by atoms with Crippen molar-refractivity contribution >= 4 is 5.97 Å². The van der Waals surface area contributed by atoms with Crippen LogP contribution in [-0.2, 0) is 14.9 Å². The Balaban J connectivity index is 2.90. The van der Waals surface area contributed by atoms with E-state index in [1.165, 1.54) is 0 Å². The maximum Gasteiger partial charge on any atom is 0.313 e. The van der Waals surface area contributed by atoms with Crippen LogP contribution < -0.4 is 0 Å². The second-order valence-corrected chi connectivity index (χ2v) is 7.33. The van der Waals surface area contributed by atoms with Crippen molar-refractivity contribution < 1.29 is 30.0 Å². The molecule has 1 unspecified atom stereocenters. The van der Waals surface area contributed by atoms with Gasteiger partial charge in [-0.2, -0.15) is 0 Å². The summed E-state index contributed by atoms with van der Waals surface area (Å²) in [5.41, 5.74) is -0.0925. The van der Waals surface area contributed by atoms with Crippen molar-refractivity contribution in [3.05, 3.63) is 29.3 Å². The lowest BCUT2D eigenvalue weighted by Crippen LogP contribution is -2.39. The molecule has 0 bridgehead atoms. The summed E-state index contributed by atoms with van der Waals surface area (Å²) >= 11 is 0. The lowest BCUT2D eigenvalue weighted by atomic mass is 9.84. The molecule has 1 aromatic carbocycles. The predicted octanol–water partition coefficient (Wildman–Crippen LogP) is 1.30. The number of hydrogen-bond acceptors (Lipinski definition) is 6. The van der Waals surface area contributed by atoms with Crippen molar-refractivity contribution in [1.29, 1.82) is 0 Å². The van der Waals surface area contributed by atoms with Crippen molar-refractivity contribution in [3.8, 4) is 5.75 Å². The van der Waals surface area contributed by atoms with Gasteiger partial charge in [0.1, 0.15) is 12.4 Å². The zero-order valence-corrected chi connectivity index (χ0v) is 14.7. The standard InChI is InChI=1S/C18H28O6/c1-12(16(23)24-11-18(8-19,9-20)10-21)13-5-6-15(22)14(7-13)17(2,3)4/h5-7,12,19-22H,8-11H2,1-4H3. The third kappa shape index (κ3) is 4.69. The third-order valence-electron chi connectivity index (χ3n) is 4.21. The van der Waals surface area contributed by atoms with E-state index in [4.69, 9.17) is 4.74 Å². The average molecular weight is 340 g/mol. The molecule has 0 saturated heterocycles. The Bertz CT molecular complexity index is 549. The highest BCUT2D eigenvalue weighted by Gasteiger charge is 2.31. The second-order valence-electron chi connectivity index (χ2n) is 7.33. The second kappa shape index (κ2) is 7.96. The Kier molecular flexibility index (Phi) is 6.77. The molecule has 0 aromatic heterocycles. The van der Waals surface area contributed by atoms with Gasteiger partial charge in [-0.1, -0.05) is 32.9 Å². The molecule has 1 atom stereocenters. The van der Waals surface area contributed by atoms with Gasteiger partial charge >= 0.3 is 5.97 Å². The number of hydrogen-bond donors (Lipinski definition) is 4. The first kappa shape index (κ1) is 20.4. The first-order valence-electron chi connectivity index (χ1n) is 7.93. The molecule has 0 aliphatic rings. The minimum Gasteiger partial charge on any atom is -0.508 e. The number of aliphatic hydroxyl groups excluding tert-OH is 3. The highest BCUT2D eigenvalue weighted by molar-refractivity contribution is 5.78. The number of phenolic OH excluding ortho intramolecular Hbond substituents is 1. The lowest BCUT2D eigenvalue weighted by Gasteiger charge is -2.27. The molecule has 6 nitrogen and oxygen atoms in total. The number of rotatable bonds is 7. The quantitative estimate of drug-likeness (QED) is 0.557. The fourth-order valence-electron chi connectivity index (χ4n) is 2.20.